The van der Waals surface area contributed by atoms with Gasteiger partial charge in [-0.2, -0.15) is 0 Å². The third-order valence-electron chi connectivity index (χ3n) is 1.00. The van der Waals surface area contributed by atoms with Crippen molar-refractivity contribution in [1.82, 2.24) is 0 Å². The fraction of sp³-hybridized carbons (Fsp3) is 0.700. The number of rotatable bonds is 2. The first-order chi connectivity index (χ1) is 9.41. The van der Waals surface area contributed by atoms with Gasteiger partial charge in [0.15, 0.2) is 0 Å². The summed E-state index contributed by atoms with van der Waals surface area (Å²) in [6, 6.07) is 0. The van der Waals surface area contributed by atoms with Crippen LogP contribution in [-0.4, -0.2) is 0 Å². The van der Waals surface area contributed by atoms with Gasteiger partial charge in [0.25, 0.3) is 0 Å². The first-order valence-corrected chi connectivity index (χ1v) is 8.35. The third kappa shape index (κ3) is 117. The maximum atomic E-state index is 3.64. The topological polar surface area (TPSA) is 0 Å². The van der Waals surface area contributed by atoms with Gasteiger partial charge >= 0.3 is 0 Å². The molecule has 0 unspecified atom stereocenters. The van der Waals surface area contributed by atoms with E-state index in [-0.39, 0.29) is 0 Å². The van der Waals surface area contributed by atoms with Crippen LogP contribution in [0.1, 0.15) is 95.4 Å². The Labute approximate surface area is 132 Å². The van der Waals surface area contributed by atoms with Crippen molar-refractivity contribution in [2.24, 2.45) is 0 Å². The Morgan fingerprint density at radius 2 is 0.950 bits per heavy atom. The minimum atomic E-state index is 1.20. The van der Waals surface area contributed by atoms with Crippen LogP contribution in [0.4, 0.5) is 0 Å². The van der Waals surface area contributed by atoms with E-state index in [1.165, 1.54) is 30.4 Å². The summed E-state index contributed by atoms with van der Waals surface area (Å²) in [6.07, 6.45) is 9.73. The van der Waals surface area contributed by atoms with Crippen molar-refractivity contribution in [3.8, 4) is 0 Å². The van der Waals surface area contributed by atoms with Gasteiger partial charge in [0, 0.05) is 0 Å². The van der Waals surface area contributed by atoms with Gasteiger partial charge in [0.1, 0.15) is 0 Å². The average molecular weight is 285 g/mol. The minimum absolute atomic E-state index is 1.20. The number of hydrogen-bond acceptors (Lipinski definition) is 0. The van der Waals surface area contributed by atoms with Crippen LogP contribution in [0.5, 0.6) is 0 Å². The van der Waals surface area contributed by atoms with Crippen LogP contribution in [-0.2, 0) is 0 Å². The fourth-order valence-electron chi connectivity index (χ4n) is 0.366. The molecule has 0 saturated carbocycles. The molecule has 0 saturated heterocycles. The molecule has 0 atom stereocenters. The molecule has 0 aromatic heterocycles. The van der Waals surface area contributed by atoms with Crippen molar-refractivity contribution in [2.75, 3.05) is 0 Å². The molecule has 0 aromatic rings. The van der Waals surface area contributed by atoms with Crippen molar-refractivity contribution in [3.63, 3.8) is 0 Å². The van der Waals surface area contributed by atoms with Gasteiger partial charge in [-0.3, -0.25) is 0 Å². The van der Waals surface area contributed by atoms with Gasteiger partial charge in [-0.25, -0.2) is 0 Å². The maximum absolute atomic E-state index is 3.64. The zero-order valence-corrected chi connectivity index (χ0v) is 16.6. The summed E-state index contributed by atoms with van der Waals surface area (Å²) in [5, 5.41) is 0. The first-order valence-electron chi connectivity index (χ1n) is 8.35. The second-order valence-electron chi connectivity index (χ2n) is 4.48. The second kappa shape index (κ2) is 42.9. The Bertz CT molecular complexity index is 173. The summed E-state index contributed by atoms with van der Waals surface area (Å²) in [5.74, 6) is 0. The molecule has 124 valence electrons. The molecule has 0 aliphatic heterocycles. The Balaban J connectivity index is -0.0000000568. The second-order valence-corrected chi connectivity index (χ2v) is 4.48. The first kappa shape index (κ1) is 31.6. The van der Waals surface area contributed by atoms with Gasteiger partial charge in [0.05, 0.1) is 0 Å². The maximum Gasteiger partial charge on any atom is -0.0398 e. The van der Waals surface area contributed by atoms with E-state index in [4.69, 9.17) is 0 Å². The van der Waals surface area contributed by atoms with E-state index in [1.807, 2.05) is 26.8 Å². The SMILES string of the molecule is C=C/C(C)=C\C=C(C)C.CC.CCC.CCC.CCC. The van der Waals surface area contributed by atoms with Crippen LogP contribution in [0.25, 0.3) is 0 Å². The van der Waals surface area contributed by atoms with Crippen molar-refractivity contribution in [1.29, 1.82) is 0 Å². The molecule has 0 fully saturated rings. The molecule has 0 bridgehead atoms. The predicted octanol–water partition coefficient (Wildman–Crippen LogP) is 8.36. The Morgan fingerprint density at radius 3 is 1.10 bits per heavy atom. The van der Waals surface area contributed by atoms with Crippen molar-refractivity contribution >= 4 is 0 Å². The molecule has 0 aromatic carbocycles. The van der Waals surface area contributed by atoms with Crippen LogP contribution in [0.15, 0.2) is 36.0 Å². The molecule has 20 heavy (non-hydrogen) atoms. The molecular formula is C20H44. The molecule has 0 radical (unpaired) electrons. The van der Waals surface area contributed by atoms with Crippen LogP contribution >= 0.6 is 0 Å². The lowest BCUT2D eigenvalue weighted by molar-refractivity contribution is 1.09. The lowest BCUT2D eigenvalue weighted by Gasteiger charge is -1.86. The molecule has 0 rings (SSSR count). The molecule has 0 nitrogen and oxygen atoms in total. The van der Waals surface area contributed by atoms with E-state index in [2.05, 4.69) is 74.1 Å². The largest absolute Gasteiger partial charge is 0.0988 e. The number of hydrogen-bond donors (Lipinski definition) is 0. The van der Waals surface area contributed by atoms with Crippen molar-refractivity contribution < 1.29 is 0 Å². The van der Waals surface area contributed by atoms with E-state index in [1.54, 1.807) is 0 Å². The molecule has 0 N–H and O–H groups in total. The zero-order chi connectivity index (χ0) is 17.4. The highest BCUT2D eigenvalue weighted by atomic mass is 13.8. The van der Waals surface area contributed by atoms with Gasteiger partial charge in [0.2, 0.25) is 0 Å². The molecule has 0 aliphatic rings. The minimum Gasteiger partial charge on any atom is -0.0988 e. The molecule has 0 heterocycles. The van der Waals surface area contributed by atoms with E-state index < -0.39 is 0 Å². The van der Waals surface area contributed by atoms with Crippen LogP contribution in [0, 0.1) is 0 Å². The quantitative estimate of drug-likeness (QED) is 0.447. The van der Waals surface area contributed by atoms with Crippen LogP contribution < -0.4 is 0 Å². The lowest BCUT2D eigenvalue weighted by Crippen LogP contribution is -1.64. The molecule has 0 amide bonds. The molecule has 0 aliphatic carbocycles. The summed E-state index contributed by atoms with van der Waals surface area (Å²) in [7, 11) is 0. The van der Waals surface area contributed by atoms with Gasteiger partial charge in [-0.15, -0.1) is 0 Å². The summed E-state index contributed by atoms with van der Waals surface area (Å²) >= 11 is 0. The molecule has 0 heteroatoms. The summed E-state index contributed by atoms with van der Waals surface area (Å²) in [4.78, 5) is 0. The van der Waals surface area contributed by atoms with Crippen molar-refractivity contribution in [2.45, 2.75) is 95.4 Å². The van der Waals surface area contributed by atoms with E-state index in [9.17, 15) is 0 Å². The van der Waals surface area contributed by atoms with Gasteiger partial charge < -0.3 is 0 Å². The highest BCUT2D eigenvalue weighted by Crippen LogP contribution is 1.96. The van der Waals surface area contributed by atoms with E-state index in [0.29, 0.717) is 0 Å². The monoisotopic (exact) mass is 284 g/mol. The van der Waals surface area contributed by atoms with Crippen LogP contribution in [0.3, 0.4) is 0 Å². The third-order valence-corrected chi connectivity index (χ3v) is 1.00. The van der Waals surface area contributed by atoms with Crippen molar-refractivity contribution in [3.05, 3.63) is 36.0 Å². The zero-order valence-electron chi connectivity index (χ0n) is 16.6. The van der Waals surface area contributed by atoms with Gasteiger partial charge in [-0.1, -0.05) is 111 Å². The highest BCUT2D eigenvalue weighted by Gasteiger charge is 1.74. The highest BCUT2D eigenvalue weighted by molar-refractivity contribution is 5.21. The molecular weight excluding hydrogens is 240 g/mol. The summed E-state index contributed by atoms with van der Waals surface area (Å²) in [6.45, 7) is 26.6. The number of allylic oxidation sites excluding steroid dienone is 5. The van der Waals surface area contributed by atoms with Crippen LogP contribution in [0.2, 0.25) is 0 Å². The fourth-order valence-corrected chi connectivity index (χ4v) is 0.366. The average Bonchev–Trinajstić information content (AvgIpc) is 2.41. The van der Waals surface area contributed by atoms with E-state index in [0.717, 1.165) is 0 Å². The Morgan fingerprint density at radius 1 is 0.700 bits per heavy atom. The summed E-state index contributed by atoms with van der Waals surface area (Å²) < 4.78 is 0. The Kier molecular flexibility index (Phi) is 67.7. The lowest BCUT2D eigenvalue weighted by atomic mass is 10.2. The molecule has 0 spiro atoms. The normalized spacial score (nSPS) is 7.85. The Hall–Kier alpha value is -0.780. The van der Waals surface area contributed by atoms with E-state index >= 15 is 0 Å². The summed E-state index contributed by atoms with van der Waals surface area (Å²) in [5.41, 5.74) is 2.52. The van der Waals surface area contributed by atoms with Gasteiger partial charge in [-0.05, 0) is 20.8 Å². The smallest absolute Gasteiger partial charge is 0.0398 e. The predicted molar refractivity (Wildman–Crippen MR) is 103 cm³/mol. The standard InChI is InChI=1S/C9H14.3C3H8.C2H6/c1-5-9(4)7-6-8(2)3;3*1-3-2;1-2/h5-7H,1H2,2-4H3;3*3H2,1-2H3;1-2H3/b9-7-;;;;.